The van der Waals surface area contributed by atoms with Gasteiger partial charge in [0.05, 0.1) is 6.20 Å². The normalized spacial score (nSPS) is 12.1. The third-order valence-electron chi connectivity index (χ3n) is 3.23. The van der Waals surface area contributed by atoms with Crippen molar-refractivity contribution in [1.29, 1.82) is 0 Å². The van der Waals surface area contributed by atoms with E-state index in [1.807, 2.05) is 44.3 Å². The first-order valence-electron chi connectivity index (χ1n) is 6.77. The van der Waals surface area contributed by atoms with Gasteiger partial charge in [-0.25, -0.2) is 0 Å². The molecule has 0 saturated carbocycles. The fourth-order valence-electron chi connectivity index (χ4n) is 1.92. The zero-order valence-electron chi connectivity index (χ0n) is 11.8. The number of aromatic nitrogens is 2. The molecule has 5 nitrogen and oxygen atoms in total. The minimum atomic E-state index is -0.0324. The molecule has 1 amide bonds. The van der Waals surface area contributed by atoms with Gasteiger partial charge in [0.1, 0.15) is 6.54 Å². The van der Waals surface area contributed by atoms with Gasteiger partial charge in [0, 0.05) is 29.1 Å². The number of rotatable bonds is 5. The number of hydrogen-bond donors (Lipinski definition) is 2. The lowest BCUT2D eigenvalue weighted by molar-refractivity contribution is -0.122. The summed E-state index contributed by atoms with van der Waals surface area (Å²) < 4.78 is 1.62. The second kappa shape index (κ2) is 6.23. The van der Waals surface area contributed by atoms with Crippen molar-refractivity contribution in [3.05, 3.63) is 36.7 Å². The Morgan fingerprint density at radius 2 is 2.20 bits per heavy atom. The van der Waals surface area contributed by atoms with Crippen LogP contribution in [0.1, 0.15) is 20.3 Å². The number of anilines is 1. The van der Waals surface area contributed by atoms with Crippen molar-refractivity contribution in [2.24, 2.45) is 0 Å². The molecule has 0 bridgehead atoms. The fourth-order valence-corrected chi connectivity index (χ4v) is 1.92. The van der Waals surface area contributed by atoms with Crippen LogP contribution < -0.4 is 11.1 Å². The molecule has 0 fully saturated rings. The van der Waals surface area contributed by atoms with Crippen LogP contribution in [0.2, 0.25) is 0 Å². The van der Waals surface area contributed by atoms with E-state index in [-0.39, 0.29) is 18.5 Å². The molecule has 2 rings (SSSR count). The Kier molecular flexibility index (Phi) is 4.40. The lowest BCUT2D eigenvalue weighted by Crippen LogP contribution is -2.34. The summed E-state index contributed by atoms with van der Waals surface area (Å²) >= 11 is 0. The van der Waals surface area contributed by atoms with Crippen LogP contribution in [0.25, 0.3) is 11.1 Å². The van der Waals surface area contributed by atoms with Crippen molar-refractivity contribution in [2.75, 3.05) is 5.73 Å². The van der Waals surface area contributed by atoms with Gasteiger partial charge in [-0.05, 0) is 19.4 Å². The van der Waals surface area contributed by atoms with Gasteiger partial charge in [0.2, 0.25) is 5.91 Å². The number of hydrogen-bond acceptors (Lipinski definition) is 3. The highest BCUT2D eigenvalue weighted by Gasteiger charge is 2.09. The molecule has 106 valence electrons. The van der Waals surface area contributed by atoms with Gasteiger partial charge in [-0.15, -0.1) is 0 Å². The molecule has 20 heavy (non-hydrogen) atoms. The number of nitrogen functional groups attached to an aromatic ring is 1. The summed E-state index contributed by atoms with van der Waals surface area (Å²) in [5.74, 6) is -0.0324. The van der Waals surface area contributed by atoms with Gasteiger partial charge in [-0.1, -0.05) is 25.1 Å². The Morgan fingerprint density at radius 3 is 2.90 bits per heavy atom. The molecule has 2 aromatic rings. The van der Waals surface area contributed by atoms with E-state index >= 15 is 0 Å². The highest BCUT2D eigenvalue weighted by molar-refractivity contribution is 5.77. The first-order valence-corrected chi connectivity index (χ1v) is 6.77. The maximum absolute atomic E-state index is 11.8. The third-order valence-corrected chi connectivity index (χ3v) is 3.23. The van der Waals surface area contributed by atoms with Crippen LogP contribution in [0, 0.1) is 0 Å². The van der Waals surface area contributed by atoms with Gasteiger partial charge in [-0.2, -0.15) is 5.10 Å². The summed E-state index contributed by atoms with van der Waals surface area (Å²) in [5.41, 5.74) is 8.48. The van der Waals surface area contributed by atoms with E-state index in [1.54, 1.807) is 10.9 Å². The topological polar surface area (TPSA) is 72.9 Å². The summed E-state index contributed by atoms with van der Waals surface area (Å²) in [6.07, 6.45) is 4.47. The Bertz CT molecular complexity index is 591. The quantitative estimate of drug-likeness (QED) is 0.818. The van der Waals surface area contributed by atoms with Gasteiger partial charge in [0.15, 0.2) is 0 Å². The lowest BCUT2D eigenvalue weighted by atomic mass is 10.1. The average molecular weight is 272 g/mol. The first-order chi connectivity index (χ1) is 9.60. The molecule has 1 unspecified atom stereocenters. The monoisotopic (exact) mass is 272 g/mol. The molecule has 0 radical (unpaired) electrons. The van der Waals surface area contributed by atoms with Crippen LogP contribution in [0.15, 0.2) is 36.7 Å². The zero-order chi connectivity index (χ0) is 14.5. The maximum Gasteiger partial charge on any atom is 0.241 e. The second-order valence-corrected chi connectivity index (χ2v) is 4.89. The average Bonchev–Trinajstić information content (AvgIpc) is 2.87. The smallest absolute Gasteiger partial charge is 0.241 e. The Hall–Kier alpha value is -2.30. The van der Waals surface area contributed by atoms with Crippen molar-refractivity contribution in [1.82, 2.24) is 15.1 Å². The van der Waals surface area contributed by atoms with E-state index < -0.39 is 0 Å². The van der Waals surface area contributed by atoms with Gasteiger partial charge in [0.25, 0.3) is 0 Å². The molecule has 1 heterocycles. The molecule has 0 saturated heterocycles. The Morgan fingerprint density at radius 1 is 1.45 bits per heavy atom. The molecular weight excluding hydrogens is 252 g/mol. The van der Waals surface area contributed by atoms with Crippen LogP contribution in [0.4, 0.5) is 5.69 Å². The van der Waals surface area contributed by atoms with E-state index in [0.717, 1.165) is 17.5 Å². The van der Waals surface area contributed by atoms with Crippen LogP contribution in [0.5, 0.6) is 0 Å². The number of benzene rings is 1. The molecule has 0 spiro atoms. The highest BCUT2D eigenvalue weighted by atomic mass is 16.2. The van der Waals surface area contributed by atoms with Crippen molar-refractivity contribution in [3.63, 3.8) is 0 Å². The predicted octanol–water partition coefficient (Wildman–Crippen LogP) is 2.05. The first kappa shape index (κ1) is 14.1. The van der Waals surface area contributed by atoms with Crippen molar-refractivity contribution in [3.8, 4) is 11.1 Å². The number of amides is 1. The molecule has 1 aromatic carbocycles. The molecule has 0 aliphatic carbocycles. The predicted molar refractivity (Wildman–Crippen MR) is 80.0 cm³/mol. The molecule has 1 atom stereocenters. The Balaban J connectivity index is 2.06. The molecule has 3 N–H and O–H groups in total. The van der Waals surface area contributed by atoms with E-state index in [2.05, 4.69) is 10.4 Å². The number of para-hydroxylation sites is 1. The highest BCUT2D eigenvalue weighted by Crippen LogP contribution is 2.24. The fraction of sp³-hybridized carbons (Fsp3) is 0.333. The van der Waals surface area contributed by atoms with Crippen LogP contribution in [0.3, 0.4) is 0 Å². The second-order valence-electron chi connectivity index (χ2n) is 4.89. The van der Waals surface area contributed by atoms with Crippen LogP contribution in [-0.4, -0.2) is 21.7 Å². The minimum absolute atomic E-state index is 0.0324. The summed E-state index contributed by atoms with van der Waals surface area (Å²) in [6, 6.07) is 7.79. The van der Waals surface area contributed by atoms with Gasteiger partial charge < -0.3 is 11.1 Å². The van der Waals surface area contributed by atoms with E-state index in [9.17, 15) is 4.79 Å². The lowest BCUT2D eigenvalue weighted by Gasteiger charge is -2.10. The SMILES string of the molecule is CCC(C)NC(=O)Cn1cc(-c2ccccc2N)cn1. The molecule has 5 heteroatoms. The van der Waals surface area contributed by atoms with E-state index in [0.29, 0.717) is 5.69 Å². The van der Waals surface area contributed by atoms with Gasteiger partial charge >= 0.3 is 0 Å². The molecule has 0 aliphatic heterocycles. The summed E-state index contributed by atoms with van der Waals surface area (Å²) in [7, 11) is 0. The summed E-state index contributed by atoms with van der Waals surface area (Å²) in [4.78, 5) is 11.8. The van der Waals surface area contributed by atoms with E-state index in [1.165, 1.54) is 0 Å². The van der Waals surface area contributed by atoms with E-state index in [4.69, 9.17) is 5.73 Å². The Labute approximate surface area is 118 Å². The summed E-state index contributed by atoms with van der Waals surface area (Å²) in [6.45, 7) is 4.24. The minimum Gasteiger partial charge on any atom is -0.398 e. The molecule has 0 aliphatic rings. The number of nitrogens with two attached hydrogens (primary N) is 1. The molecule has 1 aromatic heterocycles. The number of nitrogens with one attached hydrogen (secondary N) is 1. The zero-order valence-corrected chi connectivity index (χ0v) is 11.8. The largest absolute Gasteiger partial charge is 0.398 e. The van der Waals surface area contributed by atoms with Crippen molar-refractivity contribution < 1.29 is 4.79 Å². The van der Waals surface area contributed by atoms with Crippen LogP contribution in [-0.2, 0) is 11.3 Å². The maximum atomic E-state index is 11.8. The third kappa shape index (κ3) is 3.38. The van der Waals surface area contributed by atoms with Crippen molar-refractivity contribution >= 4 is 11.6 Å². The standard InChI is InChI=1S/C15H20N4O/c1-3-11(2)18-15(20)10-19-9-12(8-17-19)13-6-4-5-7-14(13)16/h4-9,11H,3,10,16H2,1-2H3,(H,18,20). The van der Waals surface area contributed by atoms with Crippen molar-refractivity contribution in [2.45, 2.75) is 32.9 Å². The van der Waals surface area contributed by atoms with Crippen LogP contribution >= 0.6 is 0 Å². The summed E-state index contributed by atoms with van der Waals surface area (Å²) in [5, 5.41) is 7.12. The number of carbonyl (C=O) groups excluding carboxylic acids is 1. The van der Waals surface area contributed by atoms with Gasteiger partial charge in [-0.3, -0.25) is 9.48 Å². The number of nitrogens with zero attached hydrogens (tertiary/aromatic N) is 2. The molecular formula is C15H20N4O. The number of carbonyl (C=O) groups is 1.